The van der Waals surface area contributed by atoms with Crippen molar-refractivity contribution in [2.75, 3.05) is 13.7 Å². The zero-order valence-electron chi connectivity index (χ0n) is 18.0. The molecule has 5 nitrogen and oxygen atoms in total. The Labute approximate surface area is 179 Å². The van der Waals surface area contributed by atoms with Crippen molar-refractivity contribution in [3.05, 3.63) is 65.0 Å². The predicted octanol–water partition coefficient (Wildman–Crippen LogP) is 4.91. The minimum atomic E-state index is -0.277. The summed E-state index contributed by atoms with van der Waals surface area (Å²) >= 11 is 0. The smallest absolute Gasteiger partial charge is 0.269 e. The van der Waals surface area contributed by atoms with Crippen LogP contribution < -0.4 is 5.32 Å². The number of nitrogens with one attached hydrogen (secondary N) is 1. The molecule has 160 valence electrons. The molecule has 1 aliphatic heterocycles. The summed E-state index contributed by atoms with van der Waals surface area (Å²) in [6.07, 6.45) is 7.20. The number of nitrogens with zero attached hydrogens (tertiary/aromatic N) is 1. The Hall–Kier alpha value is -2.53. The number of amides is 1. The molecule has 1 aliphatic rings. The Balaban J connectivity index is 1.69. The summed E-state index contributed by atoms with van der Waals surface area (Å²) in [7, 11) is 1.58. The van der Waals surface area contributed by atoms with Crippen LogP contribution in [0.2, 0.25) is 0 Å². The normalized spacial score (nSPS) is 17.3. The minimum absolute atomic E-state index is 0.00851. The number of hydrogen-bond donors (Lipinski definition) is 1. The van der Waals surface area contributed by atoms with Crippen LogP contribution in [0.3, 0.4) is 0 Å². The molecule has 0 unspecified atom stereocenters. The molecule has 5 heteroatoms. The Morgan fingerprint density at radius 2 is 1.97 bits per heavy atom. The Morgan fingerprint density at radius 3 is 2.67 bits per heavy atom. The highest BCUT2D eigenvalue weighted by Crippen LogP contribution is 2.25. The fourth-order valence-electron chi connectivity index (χ4n) is 3.93. The van der Waals surface area contributed by atoms with Crippen molar-refractivity contribution in [3.8, 4) is 0 Å². The zero-order chi connectivity index (χ0) is 21.3. The summed E-state index contributed by atoms with van der Waals surface area (Å²) in [6, 6.07) is 13.5. The van der Waals surface area contributed by atoms with E-state index < -0.39 is 0 Å². The van der Waals surface area contributed by atoms with Gasteiger partial charge in [0, 0.05) is 37.3 Å². The second-order valence-electron chi connectivity index (χ2n) is 8.03. The second-order valence-corrected chi connectivity index (χ2v) is 8.03. The van der Waals surface area contributed by atoms with Crippen molar-refractivity contribution in [1.82, 2.24) is 10.3 Å². The van der Waals surface area contributed by atoms with E-state index in [0.717, 1.165) is 50.0 Å². The lowest BCUT2D eigenvalue weighted by molar-refractivity contribution is 0.00979. The fourth-order valence-corrected chi connectivity index (χ4v) is 3.93. The molecule has 1 aromatic heterocycles. The first kappa shape index (κ1) is 22.2. The number of pyridine rings is 1. The molecule has 1 N–H and O–H groups in total. The first-order valence-electron chi connectivity index (χ1n) is 11.0. The van der Waals surface area contributed by atoms with Crippen LogP contribution in [0, 0.1) is 0 Å². The highest BCUT2D eigenvalue weighted by atomic mass is 16.5. The van der Waals surface area contributed by atoms with Gasteiger partial charge in [0.05, 0.1) is 6.10 Å². The highest BCUT2D eigenvalue weighted by molar-refractivity contribution is 5.99. The van der Waals surface area contributed by atoms with Gasteiger partial charge in [-0.3, -0.25) is 9.59 Å². The molecule has 1 aromatic carbocycles. The van der Waals surface area contributed by atoms with Gasteiger partial charge >= 0.3 is 0 Å². The molecule has 2 aromatic rings. The van der Waals surface area contributed by atoms with Crippen molar-refractivity contribution in [3.63, 3.8) is 0 Å². The van der Waals surface area contributed by atoms with Gasteiger partial charge in [-0.2, -0.15) is 0 Å². The predicted molar refractivity (Wildman–Crippen MR) is 118 cm³/mol. The largest absolute Gasteiger partial charge is 0.378 e. The first-order valence-corrected chi connectivity index (χ1v) is 11.0. The number of ether oxygens (including phenoxy) is 1. The molecule has 0 bridgehead atoms. The fraction of sp³-hybridized carbons (Fsp3) is 0.480. The number of hydrogen-bond acceptors (Lipinski definition) is 4. The van der Waals surface area contributed by atoms with Crippen LogP contribution in [-0.4, -0.2) is 36.4 Å². The molecule has 0 saturated carbocycles. The average Bonchev–Trinajstić information content (AvgIpc) is 2.81. The standard InChI is InChI=1S/C25H32N2O3/c1-18(19-10-4-3-5-11-19)22-16-20(17-23(27-22)25(29)26-2)24(28)14-7-6-12-21-13-8-9-15-30-21/h3-5,10-11,16-18,21H,6-9,12-15H2,1-2H3,(H,26,29)/t18-,21-/m0/s1. The molecule has 2 heterocycles. The van der Waals surface area contributed by atoms with Gasteiger partial charge in [0.15, 0.2) is 5.78 Å². The third kappa shape index (κ3) is 5.99. The van der Waals surface area contributed by atoms with E-state index in [1.807, 2.05) is 43.3 Å². The van der Waals surface area contributed by atoms with Crippen LogP contribution in [0.5, 0.6) is 0 Å². The molecule has 1 amide bonds. The highest BCUT2D eigenvalue weighted by Gasteiger charge is 2.18. The summed E-state index contributed by atoms with van der Waals surface area (Å²) in [6.45, 7) is 2.91. The maximum Gasteiger partial charge on any atom is 0.269 e. The molecular formula is C25H32N2O3. The minimum Gasteiger partial charge on any atom is -0.378 e. The van der Waals surface area contributed by atoms with E-state index in [-0.39, 0.29) is 23.3 Å². The quantitative estimate of drug-likeness (QED) is 0.473. The van der Waals surface area contributed by atoms with Crippen LogP contribution >= 0.6 is 0 Å². The van der Waals surface area contributed by atoms with Gasteiger partial charge in [0.25, 0.3) is 5.91 Å². The molecule has 2 atom stereocenters. The van der Waals surface area contributed by atoms with Gasteiger partial charge in [0.2, 0.25) is 0 Å². The summed E-state index contributed by atoms with van der Waals surface area (Å²) in [5.41, 5.74) is 2.69. The van der Waals surface area contributed by atoms with E-state index in [0.29, 0.717) is 18.1 Å². The van der Waals surface area contributed by atoms with Gasteiger partial charge in [0.1, 0.15) is 5.69 Å². The molecule has 30 heavy (non-hydrogen) atoms. The number of aromatic nitrogens is 1. The Bertz CT molecular complexity index is 845. The van der Waals surface area contributed by atoms with Gasteiger partial charge in [-0.05, 0) is 49.8 Å². The van der Waals surface area contributed by atoms with Crippen molar-refractivity contribution < 1.29 is 14.3 Å². The zero-order valence-corrected chi connectivity index (χ0v) is 18.0. The maximum absolute atomic E-state index is 12.9. The van der Waals surface area contributed by atoms with E-state index in [2.05, 4.69) is 10.3 Å². The Morgan fingerprint density at radius 1 is 1.17 bits per heavy atom. The number of benzene rings is 1. The second kappa shape index (κ2) is 11.0. The summed E-state index contributed by atoms with van der Waals surface area (Å²) < 4.78 is 5.77. The van der Waals surface area contributed by atoms with Crippen molar-refractivity contribution in [2.45, 2.75) is 63.9 Å². The number of ketones is 1. The summed E-state index contributed by atoms with van der Waals surface area (Å²) in [4.78, 5) is 29.7. The number of Topliss-reactive ketones (excluding diaryl/α,β-unsaturated/α-hetero) is 1. The van der Waals surface area contributed by atoms with E-state index in [1.165, 1.54) is 6.42 Å². The SMILES string of the molecule is CNC(=O)c1cc(C(=O)CCCC[C@H]2CCCCO2)cc([C@@H](C)c2ccccc2)n1. The van der Waals surface area contributed by atoms with Gasteiger partial charge in [-0.25, -0.2) is 4.98 Å². The van der Waals surface area contributed by atoms with Crippen LogP contribution in [-0.2, 0) is 4.74 Å². The lowest BCUT2D eigenvalue weighted by Gasteiger charge is -2.22. The first-order chi connectivity index (χ1) is 14.6. The van der Waals surface area contributed by atoms with Gasteiger partial charge in [-0.15, -0.1) is 0 Å². The molecule has 1 fully saturated rings. The number of rotatable bonds is 9. The molecule has 3 rings (SSSR count). The lowest BCUT2D eigenvalue weighted by Crippen LogP contribution is -2.21. The lowest BCUT2D eigenvalue weighted by atomic mass is 9.94. The summed E-state index contributed by atoms with van der Waals surface area (Å²) in [5.74, 6) is -0.222. The van der Waals surface area contributed by atoms with Crippen LogP contribution in [0.1, 0.15) is 89.9 Å². The van der Waals surface area contributed by atoms with Gasteiger partial charge < -0.3 is 10.1 Å². The van der Waals surface area contributed by atoms with E-state index in [1.54, 1.807) is 13.1 Å². The van der Waals surface area contributed by atoms with E-state index in [4.69, 9.17) is 4.74 Å². The maximum atomic E-state index is 12.9. The van der Waals surface area contributed by atoms with Crippen molar-refractivity contribution >= 4 is 11.7 Å². The monoisotopic (exact) mass is 408 g/mol. The van der Waals surface area contributed by atoms with Crippen LogP contribution in [0.25, 0.3) is 0 Å². The number of carbonyl (C=O) groups excluding carboxylic acids is 2. The van der Waals surface area contributed by atoms with Gasteiger partial charge in [-0.1, -0.05) is 43.7 Å². The van der Waals surface area contributed by atoms with Crippen LogP contribution in [0.15, 0.2) is 42.5 Å². The number of unbranched alkanes of at least 4 members (excludes halogenated alkanes) is 1. The van der Waals surface area contributed by atoms with E-state index in [9.17, 15) is 9.59 Å². The topological polar surface area (TPSA) is 68.3 Å². The van der Waals surface area contributed by atoms with Crippen molar-refractivity contribution in [2.24, 2.45) is 0 Å². The van der Waals surface area contributed by atoms with Crippen LogP contribution in [0.4, 0.5) is 0 Å². The molecule has 0 radical (unpaired) electrons. The Kier molecular flexibility index (Phi) is 8.14. The average molecular weight is 409 g/mol. The third-order valence-electron chi connectivity index (χ3n) is 5.82. The molecular weight excluding hydrogens is 376 g/mol. The molecule has 1 saturated heterocycles. The summed E-state index contributed by atoms with van der Waals surface area (Å²) in [5, 5.41) is 2.62. The molecule has 0 aliphatic carbocycles. The van der Waals surface area contributed by atoms with Crippen molar-refractivity contribution in [1.29, 1.82) is 0 Å². The number of carbonyl (C=O) groups is 2. The van der Waals surface area contributed by atoms with E-state index >= 15 is 0 Å². The third-order valence-corrected chi connectivity index (χ3v) is 5.82. The molecule has 0 spiro atoms.